The van der Waals surface area contributed by atoms with Gasteiger partial charge in [0.25, 0.3) is 0 Å². The van der Waals surface area contributed by atoms with Gasteiger partial charge in [-0.1, -0.05) is 18.0 Å². The third kappa shape index (κ3) is 2.22. The van der Waals surface area contributed by atoms with E-state index in [0.29, 0.717) is 17.2 Å². The smallest absolute Gasteiger partial charge is 0.140 e. The van der Waals surface area contributed by atoms with Gasteiger partial charge in [-0.2, -0.15) is 0 Å². The summed E-state index contributed by atoms with van der Waals surface area (Å²) >= 11 is 5.97. The van der Waals surface area contributed by atoms with Crippen LogP contribution in [0.3, 0.4) is 0 Å². The number of benzene rings is 1. The molecule has 16 heavy (non-hydrogen) atoms. The fourth-order valence-electron chi connectivity index (χ4n) is 2.29. The molecule has 1 aromatic rings. The zero-order valence-corrected chi connectivity index (χ0v) is 10.1. The van der Waals surface area contributed by atoms with Gasteiger partial charge >= 0.3 is 0 Å². The molecule has 0 amide bonds. The second-order valence-electron chi connectivity index (χ2n) is 4.15. The Morgan fingerprint density at radius 2 is 2.19 bits per heavy atom. The summed E-state index contributed by atoms with van der Waals surface area (Å²) in [6.07, 6.45) is 3.71. The molecule has 2 nitrogen and oxygen atoms in total. The largest absolute Gasteiger partial charge is 0.496 e. The van der Waals surface area contributed by atoms with Crippen molar-refractivity contribution in [1.82, 2.24) is 0 Å². The van der Waals surface area contributed by atoms with Crippen LogP contribution in [0.15, 0.2) is 18.2 Å². The van der Waals surface area contributed by atoms with Crippen LogP contribution in [-0.2, 0) is 4.79 Å². The molecule has 1 aliphatic carbocycles. The lowest BCUT2D eigenvalue weighted by molar-refractivity contribution is -0.121. The van der Waals surface area contributed by atoms with E-state index in [-0.39, 0.29) is 5.92 Å². The number of hydrogen-bond acceptors (Lipinski definition) is 2. The molecule has 0 heterocycles. The molecule has 86 valence electrons. The van der Waals surface area contributed by atoms with E-state index in [9.17, 15) is 4.79 Å². The predicted octanol–water partition coefficient (Wildman–Crippen LogP) is 3.58. The molecule has 2 rings (SSSR count). The Hall–Kier alpha value is -1.02. The quantitative estimate of drug-likeness (QED) is 0.787. The summed E-state index contributed by atoms with van der Waals surface area (Å²) in [5, 5.41) is 0.661. The van der Waals surface area contributed by atoms with Crippen LogP contribution < -0.4 is 4.74 Å². The molecule has 0 N–H and O–H groups in total. The summed E-state index contributed by atoms with van der Waals surface area (Å²) in [6, 6.07) is 5.48. The number of hydrogen-bond donors (Lipinski definition) is 0. The Labute approximate surface area is 101 Å². The summed E-state index contributed by atoms with van der Waals surface area (Å²) in [4.78, 5) is 11.9. The van der Waals surface area contributed by atoms with E-state index in [2.05, 4.69) is 0 Å². The van der Waals surface area contributed by atoms with Gasteiger partial charge in [-0.15, -0.1) is 0 Å². The van der Waals surface area contributed by atoms with Gasteiger partial charge < -0.3 is 4.74 Å². The minimum Gasteiger partial charge on any atom is -0.496 e. The lowest BCUT2D eigenvalue weighted by Crippen LogP contribution is -2.17. The van der Waals surface area contributed by atoms with Crippen molar-refractivity contribution in [3.05, 3.63) is 28.8 Å². The number of ether oxygens (including phenoxy) is 1. The molecule has 1 aliphatic rings. The summed E-state index contributed by atoms with van der Waals surface area (Å²) in [5.74, 6) is 1.05. The first-order valence-corrected chi connectivity index (χ1v) is 5.96. The molecule has 0 saturated heterocycles. The van der Waals surface area contributed by atoms with E-state index in [4.69, 9.17) is 16.3 Å². The normalized spacial score (nSPS) is 20.9. The second kappa shape index (κ2) is 4.88. The molecular formula is C13H15ClO2. The first-order valence-electron chi connectivity index (χ1n) is 5.58. The van der Waals surface area contributed by atoms with Gasteiger partial charge in [0.1, 0.15) is 11.5 Å². The first-order chi connectivity index (χ1) is 7.72. The predicted molar refractivity (Wildman–Crippen MR) is 64.2 cm³/mol. The fraction of sp³-hybridized carbons (Fsp3) is 0.462. The molecule has 0 aliphatic heterocycles. The molecule has 0 radical (unpaired) electrons. The minimum atomic E-state index is -0.0256. The van der Waals surface area contributed by atoms with Crippen molar-refractivity contribution in [3.63, 3.8) is 0 Å². The molecule has 0 bridgehead atoms. The number of ketones is 1. The van der Waals surface area contributed by atoms with Crippen LogP contribution in [0.1, 0.15) is 37.2 Å². The van der Waals surface area contributed by atoms with Crippen LogP contribution >= 0.6 is 11.6 Å². The Bertz CT molecular complexity index is 401. The Morgan fingerprint density at radius 1 is 1.38 bits per heavy atom. The second-order valence-corrected chi connectivity index (χ2v) is 4.59. The Morgan fingerprint density at radius 3 is 2.88 bits per heavy atom. The van der Waals surface area contributed by atoms with Gasteiger partial charge in [-0.05, 0) is 31.0 Å². The summed E-state index contributed by atoms with van der Waals surface area (Å²) < 4.78 is 5.29. The van der Waals surface area contributed by atoms with Gasteiger partial charge in [0, 0.05) is 22.9 Å². The number of carbonyl (C=O) groups is 1. The number of rotatable bonds is 2. The highest BCUT2D eigenvalue weighted by Gasteiger charge is 2.26. The van der Waals surface area contributed by atoms with Gasteiger partial charge in [-0.3, -0.25) is 4.79 Å². The van der Waals surface area contributed by atoms with Crippen molar-refractivity contribution >= 4 is 17.4 Å². The third-order valence-electron chi connectivity index (χ3n) is 3.12. The summed E-state index contributed by atoms with van der Waals surface area (Å²) in [5.41, 5.74) is 0.944. The van der Waals surface area contributed by atoms with Crippen LogP contribution in [0, 0.1) is 0 Å². The molecule has 1 atom stereocenters. The van der Waals surface area contributed by atoms with Crippen molar-refractivity contribution in [2.75, 3.05) is 7.11 Å². The lowest BCUT2D eigenvalue weighted by atomic mass is 9.82. The standard InChI is InChI=1S/C13H15ClO2/c1-16-13-7-6-9(14)8-11(13)10-4-2-3-5-12(10)15/h6-8,10H,2-5H2,1H3. The number of carbonyl (C=O) groups excluding carboxylic acids is 1. The summed E-state index contributed by atoms with van der Waals surface area (Å²) in [7, 11) is 1.63. The van der Waals surface area contributed by atoms with Gasteiger partial charge in [0.2, 0.25) is 0 Å². The maximum atomic E-state index is 11.9. The molecule has 0 spiro atoms. The van der Waals surface area contributed by atoms with E-state index in [0.717, 1.165) is 30.6 Å². The van der Waals surface area contributed by atoms with Gasteiger partial charge in [-0.25, -0.2) is 0 Å². The van der Waals surface area contributed by atoms with Gasteiger partial charge in [0.15, 0.2) is 0 Å². The molecule has 1 fully saturated rings. The highest BCUT2D eigenvalue weighted by atomic mass is 35.5. The van der Waals surface area contributed by atoms with E-state index in [1.165, 1.54) is 0 Å². The maximum Gasteiger partial charge on any atom is 0.140 e. The van der Waals surface area contributed by atoms with Crippen molar-refractivity contribution in [3.8, 4) is 5.75 Å². The Balaban J connectivity index is 2.36. The average molecular weight is 239 g/mol. The van der Waals surface area contributed by atoms with Crippen molar-refractivity contribution < 1.29 is 9.53 Å². The van der Waals surface area contributed by atoms with Crippen LogP contribution in [0.4, 0.5) is 0 Å². The highest BCUT2D eigenvalue weighted by molar-refractivity contribution is 6.30. The zero-order chi connectivity index (χ0) is 11.5. The topological polar surface area (TPSA) is 26.3 Å². The molecular weight excluding hydrogens is 224 g/mol. The third-order valence-corrected chi connectivity index (χ3v) is 3.36. The number of halogens is 1. The summed E-state index contributed by atoms with van der Waals surface area (Å²) in [6.45, 7) is 0. The van der Waals surface area contributed by atoms with E-state index >= 15 is 0 Å². The molecule has 3 heteroatoms. The highest BCUT2D eigenvalue weighted by Crippen LogP contribution is 2.36. The number of methoxy groups -OCH3 is 1. The molecule has 1 aromatic carbocycles. The van der Waals surface area contributed by atoms with Crippen molar-refractivity contribution in [1.29, 1.82) is 0 Å². The fourth-order valence-corrected chi connectivity index (χ4v) is 2.47. The van der Waals surface area contributed by atoms with Crippen LogP contribution in [0.25, 0.3) is 0 Å². The van der Waals surface area contributed by atoms with Crippen molar-refractivity contribution in [2.45, 2.75) is 31.6 Å². The zero-order valence-electron chi connectivity index (χ0n) is 9.33. The van der Waals surface area contributed by atoms with Crippen LogP contribution in [0.2, 0.25) is 5.02 Å². The Kier molecular flexibility index (Phi) is 3.49. The lowest BCUT2D eigenvalue weighted by Gasteiger charge is -2.22. The molecule has 1 unspecified atom stereocenters. The molecule has 0 aromatic heterocycles. The van der Waals surface area contributed by atoms with Crippen LogP contribution in [-0.4, -0.2) is 12.9 Å². The average Bonchev–Trinajstić information content (AvgIpc) is 2.29. The maximum absolute atomic E-state index is 11.9. The minimum absolute atomic E-state index is 0.0256. The van der Waals surface area contributed by atoms with E-state index < -0.39 is 0 Å². The SMILES string of the molecule is COc1ccc(Cl)cc1C1CCCCC1=O. The van der Waals surface area contributed by atoms with Gasteiger partial charge in [0.05, 0.1) is 7.11 Å². The first kappa shape index (κ1) is 11.5. The van der Waals surface area contributed by atoms with Crippen molar-refractivity contribution in [2.24, 2.45) is 0 Å². The van der Waals surface area contributed by atoms with Crippen LogP contribution in [0.5, 0.6) is 5.75 Å². The van der Waals surface area contributed by atoms with E-state index in [1.54, 1.807) is 13.2 Å². The van der Waals surface area contributed by atoms with E-state index in [1.807, 2.05) is 12.1 Å². The monoisotopic (exact) mass is 238 g/mol. The number of Topliss-reactive ketones (excluding diaryl/α,β-unsaturated/α-hetero) is 1. The molecule has 1 saturated carbocycles.